The lowest BCUT2D eigenvalue weighted by atomic mass is 10.2. The van der Waals surface area contributed by atoms with Crippen LogP contribution in [-0.4, -0.2) is 22.5 Å². The molecule has 27 heavy (non-hydrogen) atoms. The first-order valence-corrected chi connectivity index (χ1v) is 8.91. The van der Waals surface area contributed by atoms with E-state index >= 15 is 0 Å². The van der Waals surface area contributed by atoms with Crippen molar-refractivity contribution in [2.45, 2.75) is 6.10 Å². The van der Waals surface area contributed by atoms with Gasteiger partial charge in [0.2, 0.25) is 0 Å². The predicted molar refractivity (Wildman–Crippen MR) is 102 cm³/mol. The second-order valence-electron chi connectivity index (χ2n) is 5.63. The van der Waals surface area contributed by atoms with E-state index in [1.165, 1.54) is 35.6 Å². The summed E-state index contributed by atoms with van der Waals surface area (Å²) >= 11 is 1.46. The summed E-state index contributed by atoms with van der Waals surface area (Å²) in [6.07, 6.45) is -0.696. The van der Waals surface area contributed by atoms with Gasteiger partial charge >= 0.3 is 0 Å². The molecule has 0 saturated heterocycles. The van der Waals surface area contributed by atoms with Crippen LogP contribution in [0.1, 0.15) is 21.3 Å². The van der Waals surface area contributed by atoms with Crippen molar-refractivity contribution in [3.63, 3.8) is 0 Å². The van der Waals surface area contributed by atoms with Crippen molar-refractivity contribution in [3.05, 3.63) is 86.6 Å². The zero-order valence-electron chi connectivity index (χ0n) is 14.1. The number of nitro benzene ring substituents is 1. The van der Waals surface area contributed by atoms with Crippen LogP contribution < -0.4 is 10.1 Å². The maximum absolute atomic E-state index is 12.2. The number of amides is 1. The smallest absolute Gasteiger partial charge is 0.270 e. The summed E-state index contributed by atoms with van der Waals surface area (Å²) in [5, 5.41) is 25.4. The fourth-order valence-corrected chi connectivity index (χ4v) is 3.03. The van der Waals surface area contributed by atoms with Crippen LogP contribution in [0.15, 0.2) is 66.0 Å². The summed E-state index contributed by atoms with van der Waals surface area (Å²) in [6, 6.07) is 15.9. The molecule has 1 heterocycles. The molecule has 0 bridgehead atoms. The van der Waals surface area contributed by atoms with Crippen LogP contribution in [0, 0.1) is 10.1 Å². The van der Waals surface area contributed by atoms with Crippen LogP contribution in [0.5, 0.6) is 5.75 Å². The van der Waals surface area contributed by atoms with Gasteiger partial charge in [0, 0.05) is 28.3 Å². The molecule has 138 valence electrons. The maximum atomic E-state index is 12.2. The summed E-state index contributed by atoms with van der Waals surface area (Å²) in [7, 11) is 0. The Morgan fingerprint density at radius 2 is 1.96 bits per heavy atom. The summed E-state index contributed by atoms with van der Waals surface area (Å²) in [5.41, 5.74) is 0.581. The third-order valence-corrected chi connectivity index (χ3v) is 4.68. The van der Waals surface area contributed by atoms with Crippen LogP contribution >= 0.6 is 11.3 Å². The number of carbonyl (C=O) groups is 1. The molecule has 1 amide bonds. The Morgan fingerprint density at radius 3 is 2.63 bits per heavy atom. The van der Waals surface area contributed by atoms with Crippen molar-refractivity contribution in [3.8, 4) is 5.75 Å². The number of aliphatic hydroxyl groups is 1. The van der Waals surface area contributed by atoms with Crippen LogP contribution in [0.4, 0.5) is 11.4 Å². The van der Waals surface area contributed by atoms with E-state index in [4.69, 9.17) is 4.74 Å². The zero-order valence-corrected chi connectivity index (χ0v) is 14.9. The van der Waals surface area contributed by atoms with E-state index in [9.17, 15) is 20.0 Å². The maximum Gasteiger partial charge on any atom is 0.270 e. The molecule has 0 aliphatic rings. The Hall–Kier alpha value is -3.23. The number of anilines is 1. The van der Waals surface area contributed by atoms with Crippen molar-refractivity contribution in [1.82, 2.24) is 0 Å². The average molecular weight is 384 g/mol. The van der Waals surface area contributed by atoms with Crippen molar-refractivity contribution < 1.29 is 19.6 Å². The Labute approximate surface area is 159 Å². The van der Waals surface area contributed by atoms with E-state index in [2.05, 4.69) is 5.32 Å². The highest BCUT2D eigenvalue weighted by atomic mass is 32.1. The molecule has 3 aromatic rings. The van der Waals surface area contributed by atoms with Crippen molar-refractivity contribution in [2.75, 3.05) is 11.9 Å². The number of aliphatic hydroxyl groups excluding tert-OH is 1. The molecule has 0 saturated carbocycles. The van der Waals surface area contributed by atoms with Gasteiger partial charge in [-0.1, -0.05) is 12.1 Å². The molecule has 8 heteroatoms. The van der Waals surface area contributed by atoms with Crippen LogP contribution in [0.3, 0.4) is 0 Å². The predicted octanol–water partition coefficient (Wildman–Crippen LogP) is 4.02. The Bertz CT molecular complexity index is 926. The standard InChI is InChI=1S/C19H16N2O5S/c22-17(18-5-2-10-27-18)12-26-16-8-6-14(7-9-16)20-19(23)13-3-1-4-15(11-13)21(24)25/h1-11,17,22H,12H2,(H,20,23)/t17-/m1/s1. The van der Waals surface area contributed by atoms with Crippen LogP contribution in [0.25, 0.3) is 0 Å². The zero-order chi connectivity index (χ0) is 19.2. The number of thiophene rings is 1. The SMILES string of the molecule is O=C(Nc1ccc(OC[C@@H](O)c2cccs2)cc1)c1cccc([N+](=O)[O-])c1. The fraction of sp³-hybridized carbons (Fsp3) is 0.105. The topological polar surface area (TPSA) is 102 Å². The molecule has 0 spiro atoms. The van der Waals surface area contributed by atoms with Crippen molar-refractivity contribution in [1.29, 1.82) is 0 Å². The molecule has 0 aliphatic carbocycles. The summed E-state index contributed by atoms with van der Waals surface area (Å²) < 4.78 is 5.55. The highest BCUT2D eigenvalue weighted by Crippen LogP contribution is 2.22. The molecule has 0 aliphatic heterocycles. The van der Waals surface area contributed by atoms with Crippen molar-refractivity contribution in [2.24, 2.45) is 0 Å². The highest BCUT2D eigenvalue weighted by Gasteiger charge is 2.12. The third-order valence-electron chi connectivity index (χ3n) is 3.71. The largest absolute Gasteiger partial charge is 0.490 e. The molecule has 3 rings (SSSR count). The lowest BCUT2D eigenvalue weighted by Gasteiger charge is -2.11. The summed E-state index contributed by atoms with van der Waals surface area (Å²) in [4.78, 5) is 23.3. The van der Waals surface area contributed by atoms with E-state index in [-0.39, 0.29) is 17.9 Å². The number of benzene rings is 2. The van der Waals surface area contributed by atoms with E-state index in [0.29, 0.717) is 11.4 Å². The average Bonchev–Trinajstić information content (AvgIpc) is 3.22. The minimum Gasteiger partial charge on any atom is -0.490 e. The van der Waals surface area contributed by atoms with E-state index < -0.39 is 16.9 Å². The van der Waals surface area contributed by atoms with E-state index in [1.54, 1.807) is 24.3 Å². The molecule has 2 N–H and O–H groups in total. The van der Waals surface area contributed by atoms with Crippen molar-refractivity contribution >= 4 is 28.6 Å². The number of nitrogens with zero attached hydrogens (tertiary/aromatic N) is 1. The number of carbonyl (C=O) groups excluding carboxylic acids is 1. The van der Waals surface area contributed by atoms with Gasteiger partial charge in [0.25, 0.3) is 11.6 Å². The first-order chi connectivity index (χ1) is 13.0. The monoisotopic (exact) mass is 384 g/mol. The minimum absolute atomic E-state index is 0.125. The van der Waals surface area contributed by atoms with E-state index in [0.717, 1.165) is 4.88 Å². The molecule has 7 nitrogen and oxygen atoms in total. The first kappa shape index (κ1) is 18.6. The number of nitrogens with one attached hydrogen (secondary N) is 1. The second-order valence-corrected chi connectivity index (χ2v) is 6.61. The van der Waals surface area contributed by atoms with Gasteiger partial charge in [-0.05, 0) is 41.8 Å². The number of nitro groups is 1. The molecule has 1 atom stereocenters. The number of rotatable bonds is 7. The molecule has 2 aromatic carbocycles. The Kier molecular flexibility index (Phi) is 5.80. The summed E-state index contributed by atoms with van der Waals surface area (Å²) in [6.45, 7) is 0.125. The van der Waals surface area contributed by atoms with Gasteiger partial charge in [0.05, 0.1) is 4.92 Å². The molecular weight excluding hydrogens is 368 g/mol. The summed E-state index contributed by atoms with van der Waals surface area (Å²) in [5.74, 6) is 0.111. The van der Waals surface area contributed by atoms with Gasteiger partial charge in [-0.15, -0.1) is 11.3 Å². The lowest BCUT2D eigenvalue weighted by Crippen LogP contribution is -2.12. The molecule has 0 radical (unpaired) electrons. The van der Waals surface area contributed by atoms with Gasteiger partial charge in [-0.2, -0.15) is 0 Å². The number of ether oxygens (including phenoxy) is 1. The van der Waals surface area contributed by atoms with Gasteiger partial charge in [0.15, 0.2) is 0 Å². The lowest BCUT2D eigenvalue weighted by molar-refractivity contribution is -0.384. The van der Waals surface area contributed by atoms with Gasteiger partial charge < -0.3 is 15.2 Å². The molecular formula is C19H16N2O5S. The Balaban J connectivity index is 1.58. The quantitative estimate of drug-likeness (QED) is 0.473. The molecule has 1 aromatic heterocycles. The number of non-ortho nitro benzene ring substituents is 1. The van der Waals surface area contributed by atoms with Gasteiger partial charge in [0.1, 0.15) is 18.5 Å². The third kappa shape index (κ3) is 4.90. The van der Waals surface area contributed by atoms with Crippen LogP contribution in [-0.2, 0) is 0 Å². The van der Waals surface area contributed by atoms with E-state index in [1.807, 2.05) is 17.5 Å². The normalized spacial score (nSPS) is 11.6. The molecule has 0 fully saturated rings. The Morgan fingerprint density at radius 1 is 1.19 bits per heavy atom. The second kappa shape index (κ2) is 8.43. The molecule has 0 unspecified atom stereocenters. The van der Waals surface area contributed by atoms with Gasteiger partial charge in [-0.3, -0.25) is 14.9 Å². The highest BCUT2D eigenvalue weighted by molar-refractivity contribution is 7.10. The fourth-order valence-electron chi connectivity index (χ4n) is 2.34. The van der Waals surface area contributed by atoms with Gasteiger partial charge in [-0.25, -0.2) is 0 Å². The first-order valence-electron chi connectivity index (χ1n) is 8.03. The number of hydrogen-bond acceptors (Lipinski definition) is 6. The minimum atomic E-state index is -0.696. The van der Waals surface area contributed by atoms with Crippen LogP contribution in [0.2, 0.25) is 0 Å². The number of hydrogen-bond donors (Lipinski definition) is 2.